The van der Waals surface area contributed by atoms with Crippen molar-refractivity contribution in [2.75, 3.05) is 6.54 Å². The summed E-state index contributed by atoms with van der Waals surface area (Å²) in [6.07, 6.45) is 0.119. The Morgan fingerprint density at radius 2 is 1.17 bits per heavy atom. The molecular weight excluding hydrogens is 450 g/mol. The lowest BCUT2D eigenvalue weighted by atomic mass is 10.0. The van der Waals surface area contributed by atoms with Crippen LogP contribution in [0.3, 0.4) is 0 Å². The van der Waals surface area contributed by atoms with Gasteiger partial charge in [0.05, 0.1) is 13.0 Å². The van der Waals surface area contributed by atoms with Crippen molar-refractivity contribution in [1.29, 1.82) is 0 Å². The van der Waals surface area contributed by atoms with Crippen LogP contribution in [-0.2, 0) is 24.4 Å². The van der Waals surface area contributed by atoms with E-state index in [9.17, 15) is 10.0 Å². The fourth-order valence-electron chi connectivity index (χ4n) is 3.81. The lowest BCUT2D eigenvalue weighted by Crippen LogP contribution is -2.32. The first kappa shape index (κ1) is 25.0. The third-order valence-corrected chi connectivity index (χ3v) is 5.96. The molecule has 1 N–H and O–H groups in total. The second-order valence-corrected chi connectivity index (χ2v) is 8.82. The van der Waals surface area contributed by atoms with Gasteiger partial charge in [0, 0.05) is 5.92 Å². The van der Waals surface area contributed by atoms with Gasteiger partial charge >= 0.3 is 0 Å². The number of amides is 1. The zero-order chi connectivity index (χ0) is 25.2. The van der Waals surface area contributed by atoms with Crippen LogP contribution in [0.4, 0.5) is 0 Å². The summed E-state index contributed by atoms with van der Waals surface area (Å²) >= 11 is 0. The molecule has 0 spiro atoms. The van der Waals surface area contributed by atoms with Gasteiger partial charge in [0.2, 0.25) is 5.91 Å². The average molecular weight is 482 g/mol. The van der Waals surface area contributed by atoms with Gasteiger partial charge in [-0.2, -0.15) is 0 Å². The Morgan fingerprint density at radius 3 is 1.67 bits per heavy atom. The second-order valence-electron chi connectivity index (χ2n) is 8.82. The summed E-state index contributed by atoms with van der Waals surface area (Å²) in [6.45, 7) is 3.19. The maximum absolute atomic E-state index is 12.6. The van der Waals surface area contributed by atoms with Gasteiger partial charge in [-0.1, -0.05) is 91.9 Å². The number of hydrogen-bond donors (Lipinski definition) is 1. The number of carbonyl (C=O) groups is 1. The number of hydrogen-bond acceptors (Lipinski definition) is 4. The van der Waals surface area contributed by atoms with E-state index in [1.54, 1.807) is 0 Å². The van der Waals surface area contributed by atoms with Crippen molar-refractivity contribution < 1.29 is 19.5 Å². The Hall–Kier alpha value is -4.09. The fraction of sp³-hybridized carbons (Fsp3) is 0.194. The monoisotopic (exact) mass is 481 g/mol. The van der Waals surface area contributed by atoms with Crippen molar-refractivity contribution in [2.45, 2.75) is 32.5 Å². The molecule has 4 aromatic rings. The van der Waals surface area contributed by atoms with Crippen LogP contribution in [0.5, 0.6) is 11.5 Å². The standard InChI is InChI=1S/C31H31NO4/c1-24(28-14-18-30(19-15-28)36-23-27-10-6-3-7-11-27)21-32(34)31(33)20-25-12-16-29(17-13-25)35-22-26-8-4-2-5-9-26/h2-19,24,34H,20-23H2,1H3. The van der Waals surface area contributed by atoms with Crippen LogP contribution in [-0.4, -0.2) is 22.7 Å². The van der Waals surface area contributed by atoms with E-state index in [2.05, 4.69) is 0 Å². The molecular formula is C31H31NO4. The zero-order valence-electron chi connectivity index (χ0n) is 20.4. The van der Waals surface area contributed by atoms with Crippen LogP contribution in [0.25, 0.3) is 0 Å². The second kappa shape index (κ2) is 12.6. The molecule has 0 heterocycles. The van der Waals surface area contributed by atoms with Crippen LogP contribution in [0.1, 0.15) is 35.1 Å². The van der Waals surface area contributed by atoms with Gasteiger partial charge < -0.3 is 9.47 Å². The number of nitrogens with zero attached hydrogens (tertiary/aromatic N) is 1. The first-order valence-corrected chi connectivity index (χ1v) is 12.1. The molecule has 0 radical (unpaired) electrons. The highest BCUT2D eigenvalue weighted by Crippen LogP contribution is 2.21. The fourth-order valence-corrected chi connectivity index (χ4v) is 3.81. The molecule has 0 saturated carbocycles. The summed E-state index contributed by atoms with van der Waals surface area (Å²) in [5.41, 5.74) is 4.04. The smallest absolute Gasteiger partial charge is 0.250 e. The Morgan fingerprint density at radius 1 is 0.694 bits per heavy atom. The molecule has 0 fully saturated rings. The van der Waals surface area contributed by atoms with Crippen molar-refractivity contribution in [3.05, 3.63) is 131 Å². The largest absolute Gasteiger partial charge is 0.489 e. The summed E-state index contributed by atoms with van der Waals surface area (Å²) in [5.74, 6) is 1.14. The summed E-state index contributed by atoms with van der Waals surface area (Å²) in [4.78, 5) is 12.6. The van der Waals surface area contributed by atoms with Gasteiger partial charge in [0.25, 0.3) is 0 Å². The van der Waals surface area contributed by atoms with Crippen molar-refractivity contribution >= 4 is 5.91 Å². The number of carbonyl (C=O) groups excluding carboxylic acids is 1. The van der Waals surface area contributed by atoms with E-state index in [-0.39, 0.29) is 24.8 Å². The predicted octanol–water partition coefficient (Wildman–Crippen LogP) is 6.41. The van der Waals surface area contributed by atoms with Gasteiger partial charge in [0.15, 0.2) is 0 Å². The minimum Gasteiger partial charge on any atom is -0.489 e. The van der Waals surface area contributed by atoms with Gasteiger partial charge in [0.1, 0.15) is 24.7 Å². The molecule has 5 heteroatoms. The van der Waals surface area contributed by atoms with Crippen molar-refractivity contribution in [3.8, 4) is 11.5 Å². The van der Waals surface area contributed by atoms with E-state index in [0.717, 1.165) is 38.8 Å². The Kier molecular flexibility index (Phi) is 8.73. The van der Waals surface area contributed by atoms with Gasteiger partial charge in [-0.25, -0.2) is 5.06 Å². The number of rotatable bonds is 11. The van der Waals surface area contributed by atoms with E-state index >= 15 is 0 Å². The van der Waals surface area contributed by atoms with Crippen molar-refractivity contribution in [3.63, 3.8) is 0 Å². The third kappa shape index (κ3) is 7.45. The highest BCUT2D eigenvalue weighted by molar-refractivity contribution is 5.77. The number of benzene rings is 4. The van der Waals surface area contributed by atoms with Crippen LogP contribution in [0, 0.1) is 0 Å². The lowest BCUT2D eigenvalue weighted by molar-refractivity contribution is -0.165. The normalized spacial score (nSPS) is 11.5. The molecule has 184 valence electrons. The van der Waals surface area contributed by atoms with Gasteiger partial charge in [-0.3, -0.25) is 10.0 Å². The number of ether oxygens (including phenoxy) is 2. The Balaban J connectivity index is 1.23. The molecule has 4 rings (SSSR count). The minimum atomic E-state index is -0.345. The van der Waals surface area contributed by atoms with E-state index in [4.69, 9.17) is 9.47 Å². The molecule has 0 saturated heterocycles. The molecule has 1 amide bonds. The van der Waals surface area contributed by atoms with Crippen LogP contribution in [0.15, 0.2) is 109 Å². The van der Waals surface area contributed by atoms with E-state index < -0.39 is 0 Å². The molecule has 0 aromatic heterocycles. The molecule has 0 aliphatic carbocycles. The number of hydroxylamine groups is 2. The molecule has 36 heavy (non-hydrogen) atoms. The zero-order valence-corrected chi connectivity index (χ0v) is 20.4. The third-order valence-electron chi connectivity index (χ3n) is 5.96. The highest BCUT2D eigenvalue weighted by Gasteiger charge is 2.16. The van der Waals surface area contributed by atoms with Crippen molar-refractivity contribution in [2.24, 2.45) is 0 Å². The van der Waals surface area contributed by atoms with E-state index in [1.165, 1.54) is 0 Å². The first-order valence-electron chi connectivity index (χ1n) is 12.1. The van der Waals surface area contributed by atoms with Gasteiger partial charge in [-0.05, 0) is 46.5 Å². The summed E-state index contributed by atoms with van der Waals surface area (Å²) in [7, 11) is 0. The molecule has 0 aliphatic heterocycles. The SMILES string of the molecule is CC(CN(O)C(=O)Cc1ccc(OCc2ccccc2)cc1)c1ccc(OCc2ccccc2)cc1. The van der Waals surface area contributed by atoms with Crippen molar-refractivity contribution in [1.82, 2.24) is 5.06 Å². The Labute approximate surface area is 212 Å². The first-order chi connectivity index (χ1) is 17.6. The maximum atomic E-state index is 12.6. The molecule has 4 aromatic carbocycles. The molecule has 1 atom stereocenters. The molecule has 0 aliphatic rings. The minimum absolute atomic E-state index is 0.0316. The van der Waals surface area contributed by atoms with Crippen LogP contribution < -0.4 is 9.47 Å². The highest BCUT2D eigenvalue weighted by atomic mass is 16.5. The predicted molar refractivity (Wildman–Crippen MR) is 140 cm³/mol. The average Bonchev–Trinajstić information content (AvgIpc) is 2.93. The lowest BCUT2D eigenvalue weighted by Gasteiger charge is -2.20. The summed E-state index contributed by atoms with van der Waals surface area (Å²) in [6, 6.07) is 35.1. The van der Waals surface area contributed by atoms with E-state index in [1.807, 2.05) is 116 Å². The summed E-state index contributed by atoms with van der Waals surface area (Å²) < 4.78 is 11.6. The molecule has 5 nitrogen and oxygen atoms in total. The quantitative estimate of drug-likeness (QED) is 0.199. The van der Waals surface area contributed by atoms with Crippen LogP contribution >= 0.6 is 0 Å². The Bertz CT molecular complexity index is 1210. The van der Waals surface area contributed by atoms with Crippen LogP contribution in [0.2, 0.25) is 0 Å². The molecule has 1 unspecified atom stereocenters. The molecule has 0 bridgehead atoms. The maximum Gasteiger partial charge on any atom is 0.250 e. The van der Waals surface area contributed by atoms with Gasteiger partial charge in [-0.15, -0.1) is 0 Å². The van der Waals surface area contributed by atoms with E-state index in [0.29, 0.717) is 13.2 Å². The summed E-state index contributed by atoms with van der Waals surface area (Å²) in [5, 5.41) is 11.2. The topological polar surface area (TPSA) is 59.0 Å².